The van der Waals surface area contributed by atoms with Crippen molar-refractivity contribution in [2.24, 2.45) is 0 Å². The first-order valence-corrected chi connectivity index (χ1v) is 6.27. The summed E-state index contributed by atoms with van der Waals surface area (Å²) in [5.74, 6) is 0. The van der Waals surface area contributed by atoms with Gasteiger partial charge in [0.15, 0.2) is 0 Å². The van der Waals surface area contributed by atoms with E-state index in [0.717, 1.165) is 13.2 Å². The molecule has 0 radical (unpaired) electrons. The van der Waals surface area contributed by atoms with Gasteiger partial charge in [0.05, 0.1) is 19.8 Å². The van der Waals surface area contributed by atoms with Gasteiger partial charge in [0.1, 0.15) is 0 Å². The summed E-state index contributed by atoms with van der Waals surface area (Å²) in [6, 6.07) is 0.681. The van der Waals surface area contributed by atoms with E-state index in [0.29, 0.717) is 19.3 Å². The zero-order valence-corrected chi connectivity index (χ0v) is 10.9. The molecule has 0 atom stereocenters. The number of ether oxygens (including phenoxy) is 2. The molecule has 0 aliphatic carbocycles. The molecule has 4 heteroatoms. The van der Waals surface area contributed by atoms with Crippen LogP contribution in [0.25, 0.3) is 0 Å². The van der Waals surface area contributed by atoms with Gasteiger partial charge in [0, 0.05) is 45.9 Å². The second kappa shape index (κ2) is 8.01. The van der Waals surface area contributed by atoms with Crippen LogP contribution in [0.15, 0.2) is 0 Å². The van der Waals surface area contributed by atoms with Crippen LogP contribution in [0, 0.1) is 0 Å². The minimum atomic E-state index is 0.681. The van der Waals surface area contributed by atoms with E-state index in [-0.39, 0.29) is 0 Å². The first-order valence-electron chi connectivity index (χ1n) is 6.27. The van der Waals surface area contributed by atoms with Crippen molar-refractivity contribution in [1.29, 1.82) is 0 Å². The highest BCUT2D eigenvalue weighted by Gasteiger charge is 2.17. The van der Waals surface area contributed by atoms with Crippen LogP contribution in [0.4, 0.5) is 0 Å². The molecule has 1 saturated heterocycles. The molecule has 0 N–H and O–H groups in total. The van der Waals surface area contributed by atoms with Crippen molar-refractivity contribution in [3.05, 3.63) is 0 Å². The number of hydrogen-bond acceptors (Lipinski definition) is 4. The summed E-state index contributed by atoms with van der Waals surface area (Å²) in [6.45, 7) is 12.5. The summed E-state index contributed by atoms with van der Waals surface area (Å²) in [4.78, 5) is 5.01. The minimum Gasteiger partial charge on any atom is -0.382 e. The van der Waals surface area contributed by atoms with Crippen molar-refractivity contribution in [2.75, 3.05) is 59.7 Å². The fourth-order valence-electron chi connectivity index (χ4n) is 1.94. The molecule has 4 nitrogen and oxygen atoms in total. The van der Waals surface area contributed by atoms with Crippen LogP contribution in [0.1, 0.15) is 13.8 Å². The third kappa shape index (κ3) is 5.25. The second-order valence-electron chi connectivity index (χ2n) is 4.58. The standard InChI is InChI=1S/C12H26N2O2/c1-12(2)14-6-4-13(5-7-14)8-9-16-11-10-15-3/h12H,4-11H2,1-3H3. The molecular weight excluding hydrogens is 204 g/mol. The molecule has 0 aromatic rings. The van der Waals surface area contributed by atoms with Crippen LogP contribution in [-0.4, -0.2) is 75.5 Å². The van der Waals surface area contributed by atoms with Gasteiger partial charge in [-0.1, -0.05) is 0 Å². The van der Waals surface area contributed by atoms with Gasteiger partial charge >= 0.3 is 0 Å². The number of methoxy groups -OCH3 is 1. The number of rotatable bonds is 7. The van der Waals surface area contributed by atoms with E-state index in [1.165, 1.54) is 26.2 Å². The second-order valence-corrected chi connectivity index (χ2v) is 4.58. The summed E-state index contributed by atoms with van der Waals surface area (Å²) in [7, 11) is 1.70. The summed E-state index contributed by atoms with van der Waals surface area (Å²) in [5, 5.41) is 0. The first-order chi connectivity index (χ1) is 7.74. The molecule has 0 bridgehead atoms. The Balaban J connectivity index is 1.99. The van der Waals surface area contributed by atoms with Crippen molar-refractivity contribution in [2.45, 2.75) is 19.9 Å². The molecule has 0 saturated carbocycles. The SMILES string of the molecule is COCCOCCN1CCN(C(C)C)CC1. The Morgan fingerprint density at radius 3 is 2.25 bits per heavy atom. The maximum atomic E-state index is 5.47. The van der Waals surface area contributed by atoms with Crippen LogP contribution in [0.5, 0.6) is 0 Å². The molecule has 0 aromatic carbocycles. The van der Waals surface area contributed by atoms with Gasteiger partial charge in [-0.15, -0.1) is 0 Å². The molecule has 0 spiro atoms. The minimum absolute atomic E-state index is 0.681. The third-order valence-corrected chi connectivity index (χ3v) is 3.12. The maximum Gasteiger partial charge on any atom is 0.0700 e. The number of piperazine rings is 1. The maximum absolute atomic E-state index is 5.47. The molecule has 16 heavy (non-hydrogen) atoms. The molecular formula is C12H26N2O2. The van der Waals surface area contributed by atoms with E-state index in [2.05, 4.69) is 23.6 Å². The predicted molar refractivity (Wildman–Crippen MR) is 65.8 cm³/mol. The number of nitrogens with zero attached hydrogens (tertiary/aromatic N) is 2. The highest BCUT2D eigenvalue weighted by atomic mass is 16.5. The Morgan fingerprint density at radius 1 is 1.00 bits per heavy atom. The highest BCUT2D eigenvalue weighted by Crippen LogP contribution is 2.05. The van der Waals surface area contributed by atoms with Crippen molar-refractivity contribution < 1.29 is 9.47 Å². The van der Waals surface area contributed by atoms with Gasteiger partial charge in [-0.3, -0.25) is 9.80 Å². The van der Waals surface area contributed by atoms with Gasteiger partial charge in [0.25, 0.3) is 0 Å². The molecule has 1 fully saturated rings. The van der Waals surface area contributed by atoms with Crippen molar-refractivity contribution in [3.8, 4) is 0 Å². The average Bonchev–Trinajstić information content (AvgIpc) is 2.29. The molecule has 1 aliphatic rings. The average molecular weight is 230 g/mol. The normalized spacial score (nSPS) is 19.5. The smallest absolute Gasteiger partial charge is 0.0700 e. The Morgan fingerprint density at radius 2 is 1.69 bits per heavy atom. The Hall–Kier alpha value is -0.160. The highest BCUT2D eigenvalue weighted by molar-refractivity contribution is 4.73. The van der Waals surface area contributed by atoms with Crippen LogP contribution >= 0.6 is 0 Å². The van der Waals surface area contributed by atoms with E-state index in [1.807, 2.05) is 0 Å². The summed E-state index contributed by atoms with van der Waals surface area (Å²) in [5.41, 5.74) is 0. The molecule has 0 amide bonds. The zero-order valence-electron chi connectivity index (χ0n) is 10.9. The van der Waals surface area contributed by atoms with Crippen molar-refractivity contribution in [1.82, 2.24) is 9.80 Å². The third-order valence-electron chi connectivity index (χ3n) is 3.12. The van der Waals surface area contributed by atoms with Gasteiger partial charge < -0.3 is 9.47 Å². The zero-order chi connectivity index (χ0) is 11.8. The van der Waals surface area contributed by atoms with E-state index < -0.39 is 0 Å². The lowest BCUT2D eigenvalue weighted by molar-refractivity contribution is 0.0423. The molecule has 1 heterocycles. The number of hydrogen-bond donors (Lipinski definition) is 0. The van der Waals surface area contributed by atoms with E-state index >= 15 is 0 Å². The van der Waals surface area contributed by atoms with Gasteiger partial charge in [0.2, 0.25) is 0 Å². The lowest BCUT2D eigenvalue weighted by atomic mass is 10.2. The van der Waals surface area contributed by atoms with E-state index in [4.69, 9.17) is 9.47 Å². The molecule has 1 rings (SSSR count). The van der Waals surface area contributed by atoms with E-state index in [1.54, 1.807) is 7.11 Å². The van der Waals surface area contributed by atoms with E-state index in [9.17, 15) is 0 Å². The fraction of sp³-hybridized carbons (Fsp3) is 1.00. The molecule has 0 aromatic heterocycles. The van der Waals surface area contributed by atoms with Crippen LogP contribution in [0.3, 0.4) is 0 Å². The van der Waals surface area contributed by atoms with Crippen LogP contribution in [0.2, 0.25) is 0 Å². The van der Waals surface area contributed by atoms with Gasteiger partial charge in [-0.05, 0) is 13.8 Å². The van der Waals surface area contributed by atoms with Crippen LogP contribution < -0.4 is 0 Å². The lowest BCUT2D eigenvalue weighted by Gasteiger charge is -2.36. The summed E-state index contributed by atoms with van der Waals surface area (Å²) >= 11 is 0. The largest absolute Gasteiger partial charge is 0.382 e. The molecule has 0 unspecified atom stereocenters. The molecule has 1 aliphatic heterocycles. The summed E-state index contributed by atoms with van der Waals surface area (Å²) in [6.07, 6.45) is 0. The molecule has 96 valence electrons. The van der Waals surface area contributed by atoms with Gasteiger partial charge in [-0.2, -0.15) is 0 Å². The Labute approximate surface area is 99.5 Å². The lowest BCUT2D eigenvalue weighted by Crippen LogP contribution is -2.49. The van der Waals surface area contributed by atoms with Crippen LogP contribution in [-0.2, 0) is 9.47 Å². The van der Waals surface area contributed by atoms with Gasteiger partial charge in [-0.25, -0.2) is 0 Å². The quantitative estimate of drug-likeness (QED) is 0.600. The predicted octanol–water partition coefficient (Wildman–Crippen LogP) is 0.675. The monoisotopic (exact) mass is 230 g/mol. The van der Waals surface area contributed by atoms with Crippen molar-refractivity contribution in [3.63, 3.8) is 0 Å². The topological polar surface area (TPSA) is 24.9 Å². The van der Waals surface area contributed by atoms with Crippen molar-refractivity contribution >= 4 is 0 Å². The Bertz CT molecular complexity index is 168. The first kappa shape index (κ1) is 13.9. The Kier molecular flexibility index (Phi) is 6.96. The fourth-order valence-corrected chi connectivity index (χ4v) is 1.94. The summed E-state index contributed by atoms with van der Waals surface area (Å²) < 4.78 is 10.4.